The van der Waals surface area contributed by atoms with Crippen molar-refractivity contribution in [3.8, 4) is 0 Å². The van der Waals surface area contributed by atoms with Crippen LogP contribution < -0.4 is 10.6 Å². The SMILES string of the molecule is CC[C@H]1CCN(C(=O)[C@@H](NC(=O)NC(C)(C)C)C(C)(C)C)[C@@H]1C(=O)O. The fourth-order valence-electron chi connectivity index (χ4n) is 3.19. The Morgan fingerprint density at radius 3 is 2.12 bits per heavy atom. The molecular formula is C18H33N3O4. The van der Waals surface area contributed by atoms with Gasteiger partial charge in [0.15, 0.2) is 0 Å². The molecule has 0 aromatic carbocycles. The Hall–Kier alpha value is -1.79. The van der Waals surface area contributed by atoms with Crippen LogP contribution in [0.5, 0.6) is 0 Å². The molecule has 3 amide bonds. The van der Waals surface area contributed by atoms with E-state index in [0.717, 1.165) is 0 Å². The number of nitrogens with one attached hydrogen (secondary N) is 2. The van der Waals surface area contributed by atoms with Crippen molar-refractivity contribution in [2.45, 2.75) is 78.9 Å². The maximum Gasteiger partial charge on any atom is 0.326 e. The normalized spacial score (nSPS) is 22.4. The lowest BCUT2D eigenvalue weighted by molar-refractivity contribution is -0.151. The second kappa shape index (κ2) is 7.62. The van der Waals surface area contributed by atoms with Gasteiger partial charge in [-0.2, -0.15) is 0 Å². The van der Waals surface area contributed by atoms with Crippen molar-refractivity contribution in [1.29, 1.82) is 0 Å². The fraction of sp³-hybridized carbons (Fsp3) is 0.833. The second-order valence-corrected chi connectivity index (χ2v) is 8.92. The van der Waals surface area contributed by atoms with Crippen LogP contribution in [0.15, 0.2) is 0 Å². The minimum Gasteiger partial charge on any atom is -0.480 e. The third kappa shape index (κ3) is 5.61. The van der Waals surface area contributed by atoms with Gasteiger partial charge in [0.05, 0.1) is 0 Å². The van der Waals surface area contributed by atoms with Gasteiger partial charge in [-0.05, 0) is 38.5 Å². The third-order valence-corrected chi connectivity index (χ3v) is 4.46. The molecule has 1 saturated heterocycles. The van der Waals surface area contributed by atoms with Gasteiger partial charge in [0.1, 0.15) is 12.1 Å². The number of carboxylic acids is 1. The molecule has 3 atom stereocenters. The van der Waals surface area contributed by atoms with Crippen LogP contribution in [0.4, 0.5) is 4.79 Å². The summed E-state index contributed by atoms with van der Waals surface area (Å²) in [5, 5.41) is 15.1. The Bertz CT molecular complexity index is 519. The van der Waals surface area contributed by atoms with E-state index in [1.165, 1.54) is 4.90 Å². The zero-order valence-electron chi connectivity index (χ0n) is 16.5. The third-order valence-electron chi connectivity index (χ3n) is 4.46. The van der Waals surface area contributed by atoms with Crippen molar-refractivity contribution in [2.24, 2.45) is 11.3 Å². The molecule has 7 nitrogen and oxygen atoms in total. The molecule has 0 aromatic heterocycles. The van der Waals surface area contributed by atoms with E-state index in [-0.39, 0.29) is 11.8 Å². The summed E-state index contributed by atoms with van der Waals surface area (Å²) < 4.78 is 0. The molecule has 0 radical (unpaired) electrons. The smallest absolute Gasteiger partial charge is 0.326 e. The molecule has 1 aliphatic rings. The number of urea groups is 1. The van der Waals surface area contributed by atoms with Crippen LogP contribution in [-0.4, -0.2) is 52.1 Å². The molecule has 0 bridgehead atoms. The van der Waals surface area contributed by atoms with Gasteiger partial charge in [-0.25, -0.2) is 9.59 Å². The summed E-state index contributed by atoms with van der Waals surface area (Å²) in [6.07, 6.45) is 1.38. The van der Waals surface area contributed by atoms with Crippen LogP contribution >= 0.6 is 0 Å². The molecule has 1 heterocycles. The van der Waals surface area contributed by atoms with E-state index in [2.05, 4.69) is 10.6 Å². The lowest BCUT2D eigenvalue weighted by Gasteiger charge is -2.36. The summed E-state index contributed by atoms with van der Waals surface area (Å²) in [4.78, 5) is 38.4. The van der Waals surface area contributed by atoms with Crippen molar-refractivity contribution in [3.05, 3.63) is 0 Å². The van der Waals surface area contributed by atoms with Crippen molar-refractivity contribution < 1.29 is 19.5 Å². The van der Waals surface area contributed by atoms with Crippen LogP contribution in [0, 0.1) is 11.3 Å². The minimum absolute atomic E-state index is 0.0505. The number of aliphatic carboxylic acids is 1. The Balaban J connectivity index is 3.02. The van der Waals surface area contributed by atoms with E-state index < -0.39 is 35.0 Å². The van der Waals surface area contributed by atoms with E-state index >= 15 is 0 Å². The Labute approximate surface area is 150 Å². The lowest BCUT2D eigenvalue weighted by atomic mass is 9.85. The van der Waals surface area contributed by atoms with Gasteiger partial charge >= 0.3 is 12.0 Å². The zero-order chi connectivity index (χ0) is 19.6. The van der Waals surface area contributed by atoms with Gasteiger partial charge in [-0.15, -0.1) is 0 Å². The fourth-order valence-corrected chi connectivity index (χ4v) is 3.19. The average Bonchev–Trinajstić information content (AvgIpc) is 2.84. The van der Waals surface area contributed by atoms with Gasteiger partial charge in [-0.1, -0.05) is 34.1 Å². The number of carboxylic acid groups (broad SMARTS) is 1. The van der Waals surface area contributed by atoms with Gasteiger partial charge < -0.3 is 20.6 Å². The molecule has 0 spiro atoms. The van der Waals surface area contributed by atoms with E-state index in [4.69, 9.17) is 0 Å². The van der Waals surface area contributed by atoms with Gasteiger partial charge in [0, 0.05) is 12.1 Å². The minimum atomic E-state index is -0.982. The highest BCUT2D eigenvalue weighted by Crippen LogP contribution is 2.30. The number of carbonyl (C=O) groups is 3. The Morgan fingerprint density at radius 1 is 1.16 bits per heavy atom. The predicted molar refractivity (Wildman–Crippen MR) is 96.2 cm³/mol. The van der Waals surface area contributed by atoms with Gasteiger partial charge in [0.25, 0.3) is 0 Å². The number of rotatable bonds is 4. The number of hydrogen-bond acceptors (Lipinski definition) is 3. The topological polar surface area (TPSA) is 98.7 Å². The summed E-state index contributed by atoms with van der Waals surface area (Å²) in [6, 6.07) is -2.05. The van der Waals surface area contributed by atoms with Crippen LogP contribution in [0.3, 0.4) is 0 Å². The van der Waals surface area contributed by atoms with E-state index in [1.54, 1.807) is 0 Å². The summed E-state index contributed by atoms with van der Waals surface area (Å²) in [5.41, 5.74) is -0.972. The molecule has 0 unspecified atom stereocenters. The highest BCUT2D eigenvalue weighted by Gasteiger charge is 2.45. The molecular weight excluding hydrogens is 322 g/mol. The van der Waals surface area contributed by atoms with Crippen molar-refractivity contribution >= 4 is 17.9 Å². The molecule has 0 saturated carbocycles. The summed E-state index contributed by atoms with van der Waals surface area (Å²) in [5.74, 6) is -1.37. The summed E-state index contributed by atoms with van der Waals surface area (Å²) in [7, 11) is 0. The summed E-state index contributed by atoms with van der Waals surface area (Å²) >= 11 is 0. The van der Waals surface area contributed by atoms with Crippen LogP contribution in [0.25, 0.3) is 0 Å². The highest BCUT2D eigenvalue weighted by atomic mass is 16.4. The van der Waals surface area contributed by atoms with Crippen molar-refractivity contribution in [1.82, 2.24) is 15.5 Å². The molecule has 0 aliphatic carbocycles. The number of amides is 3. The first kappa shape index (κ1) is 21.3. The molecule has 0 aromatic rings. The first-order valence-corrected chi connectivity index (χ1v) is 8.90. The monoisotopic (exact) mass is 355 g/mol. The van der Waals surface area contributed by atoms with E-state index in [1.807, 2.05) is 48.5 Å². The predicted octanol–water partition coefficient (Wildman–Crippen LogP) is 2.21. The Kier molecular flexibility index (Phi) is 6.48. The van der Waals surface area contributed by atoms with Crippen LogP contribution in [-0.2, 0) is 9.59 Å². The van der Waals surface area contributed by atoms with Crippen LogP contribution in [0.1, 0.15) is 61.3 Å². The molecule has 144 valence electrons. The lowest BCUT2D eigenvalue weighted by Crippen LogP contribution is -2.60. The molecule has 3 N–H and O–H groups in total. The maximum atomic E-state index is 13.1. The van der Waals surface area contributed by atoms with E-state index in [9.17, 15) is 19.5 Å². The second-order valence-electron chi connectivity index (χ2n) is 8.92. The number of likely N-dealkylation sites (tertiary alicyclic amines) is 1. The molecule has 1 aliphatic heterocycles. The highest BCUT2D eigenvalue weighted by molar-refractivity contribution is 5.91. The van der Waals surface area contributed by atoms with Gasteiger partial charge in [0.2, 0.25) is 5.91 Å². The van der Waals surface area contributed by atoms with Crippen molar-refractivity contribution in [2.75, 3.05) is 6.54 Å². The Morgan fingerprint density at radius 2 is 1.72 bits per heavy atom. The van der Waals surface area contributed by atoms with Crippen molar-refractivity contribution in [3.63, 3.8) is 0 Å². The zero-order valence-corrected chi connectivity index (χ0v) is 16.5. The molecule has 1 rings (SSSR count). The standard InChI is InChI=1S/C18H33N3O4/c1-8-11-9-10-21(12(11)15(23)24)14(22)13(17(2,3)4)19-16(25)20-18(5,6)7/h11-13H,8-10H2,1-7H3,(H,23,24)(H2,19,20,25)/t11-,12-,13+/m0/s1. The van der Waals surface area contributed by atoms with E-state index in [0.29, 0.717) is 19.4 Å². The molecule has 25 heavy (non-hydrogen) atoms. The summed E-state index contributed by atoms with van der Waals surface area (Å²) in [6.45, 7) is 13.5. The first-order valence-electron chi connectivity index (χ1n) is 8.90. The molecule has 1 fully saturated rings. The number of carbonyl (C=O) groups excluding carboxylic acids is 2. The first-order chi connectivity index (χ1) is 11.3. The average molecular weight is 355 g/mol. The quantitative estimate of drug-likeness (QED) is 0.720. The maximum absolute atomic E-state index is 13.1. The number of nitrogens with zero attached hydrogens (tertiary/aromatic N) is 1. The van der Waals surface area contributed by atoms with Gasteiger partial charge in [-0.3, -0.25) is 4.79 Å². The van der Waals surface area contributed by atoms with Crippen LogP contribution in [0.2, 0.25) is 0 Å². The number of hydrogen-bond donors (Lipinski definition) is 3. The largest absolute Gasteiger partial charge is 0.480 e. The molecule has 7 heteroatoms.